The van der Waals surface area contributed by atoms with Gasteiger partial charge in [0.1, 0.15) is 0 Å². The van der Waals surface area contributed by atoms with Gasteiger partial charge in [-0.25, -0.2) is 0 Å². The molecule has 6 nitrogen and oxygen atoms in total. The fourth-order valence-electron chi connectivity index (χ4n) is 5.56. The Balaban J connectivity index is 2.33. The quantitative estimate of drug-likeness (QED) is 0.0575. The third-order valence-electron chi connectivity index (χ3n) is 8.31. The van der Waals surface area contributed by atoms with Gasteiger partial charge in [-0.1, -0.05) is 135 Å². The molecule has 2 N–H and O–H groups in total. The first-order valence-electron chi connectivity index (χ1n) is 16.4. The maximum atomic E-state index is 14.5. The van der Waals surface area contributed by atoms with Gasteiger partial charge in [0.25, 0.3) is 0 Å². The third-order valence-corrected chi connectivity index (χ3v) is 10.0. The molecule has 258 valence electrons. The highest BCUT2D eigenvalue weighted by molar-refractivity contribution is 7.86. The molecule has 44 heavy (non-hydrogen) atoms. The van der Waals surface area contributed by atoms with E-state index in [1.165, 1.54) is 96.3 Å². The lowest BCUT2D eigenvalue weighted by Gasteiger charge is -2.23. The Morgan fingerprint density at radius 1 is 0.523 bits per heavy atom. The molecule has 1 rings (SSSR count). The first-order chi connectivity index (χ1) is 20.6. The van der Waals surface area contributed by atoms with Crippen LogP contribution in [0, 0.1) is 6.92 Å². The van der Waals surface area contributed by atoms with Crippen LogP contribution in [0.3, 0.4) is 0 Å². The number of unbranched alkanes of at least 4 members (excludes halogenated alkanes) is 20. The van der Waals surface area contributed by atoms with Crippen molar-refractivity contribution in [2.45, 2.75) is 166 Å². The lowest BCUT2D eigenvalue weighted by molar-refractivity contribution is 0.0702. The molecule has 0 unspecified atom stereocenters. The van der Waals surface area contributed by atoms with Crippen LogP contribution in [0.2, 0.25) is 0 Å². The molecule has 0 aliphatic rings. The summed E-state index contributed by atoms with van der Waals surface area (Å²) in [7, 11) is -12.1. The van der Waals surface area contributed by atoms with Crippen LogP contribution in [0.4, 0.5) is 17.6 Å². The standard InChI is InChI=1S/C32H54F4O6S2/c1-3-4-5-6-7-8-9-10-11-12-13-14-15-16-17-18-19-20-21-22-23-24-28-25-29(31(33,34)43(37,38)39)27(2)30(26-28)32(35,36)44(40,41)42/h25-26H,3-24H2,1-2H3,(H,37,38,39)(H,40,41,42). The van der Waals surface area contributed by atoms with E-state index in [0.717, 1.165) is 25.7 Å². The largest absolute Gasteiger partial charge is 0.395 e. The van der Waals surface area contributed by atoms with Crippen LogP contribution in [0.5, 0.6) is 0 Å². The Labute approximate surface area is 263 Å². The highest BCUT2D eigenvalue weighted by atomic mass is 32.2. The fourth-order valence-corrected chi connectivity index (χ4v) is 6.54. The fraction of sp³-hybridized carbons (Fsp3) is 0.812. The first kappa shape index (κ1) is 40.8. The van der Waals surface area contributed by atoms with Gasteiger partial charge in [0, 0.05) is 11.1 Å². The van der Waals surface area contributed by atoms with E-state index < -0.39 is 47.4 Å². The van der Waals surface area contributed by atoms with Gasteiger partial charge in [0.2, 0.25) is 0 Å². The number of halogens is 4. The van der Waals surface area contributed by atoms with E-state index in [9.17, 15) is 34.4 Å². The first-order valence-corrected chi connectivity index (χ1v) is 19.3. The molecular formula is C32H54F4O6S2. The molecule has 0 saturated carbocycles. The lowest BCUT2D eigenvalue weighted by Crippen LogP contribution is -2.31. The highest BCUT2D eigenvalue weighted by Gasteiger charge is 2.52. The van der Waals surface area contributed by atoms with Crippen LogP contribution in [-0.2, 0) is 37.2 Å². The molecule has 0 aromatic heterocycles. The van der Waals surface area contributed by atoms with Crippen molar-refractivity contribution in [2.24, 2.45) is 0 Å². The van der Waals surface area contributed by atoms with Gasteiger partial charge in [-0.2, -0.15) is 34.4 Å². The molecule has 0 aliphatic heterocycles. The molecule has 1 aromatic rings. The van der Waals surface area contributed by atoms with E-state index in [1.54, 1.807) is 0 Å². The molecule has 12 heteroatoms. The Morgan fingerprint density at radius 2 is 0.773 bits per heavy atom. The summed E-state index contributed by atoms with van der Waals surface area (Å²) in [6, 6.07) is 1.37. The van der Waals surface area contributed by atoms with Gasteiger partial charge in [-0.3, -0.25) is 9.11 Å². The second-order valence-electron chi connectivity index (χ2n) is 12.1. The summed E-state index contributed by atoms with van der Waals surface area (Å²) in [5.41, 5.74) is -4.12. The molecule has 0 spiro atoms. The average molecular weight is 675 g/mol. The Morgan fingerprint density at radius 3 is 1.02 bits per heavy atom. The predicted molar refractivity (Wildman–Crippen MR) is 168 cm³/mol. The van der Waals surface area contributed by atoms with Gasteiger partial charge >= 0.3 is 30.7 Å². The summed E-state index contributed by atoms with van der Waals surface area (Å²) >= 11 is 0. The number of aryl methyl sites for hydroxylation is 1. The Kier molecular flexibility index (Phi) is 18.6. The van der Waals surface area contributed by atoms with E-state index in [2.05, 4.69) is 6.92 Å². The molecular weight excluding hydrogens is 620 g/mol. The summed E-state index contributed by atoms with van der Waals surface area (Å²) in [4.78, 5) is 0. The summed E-state index contributed by atoms with van der Waals surface area (Å²) in [6.07, 6.45) is 24.9. The van der Waals surface area contributed by atoms with Crippen LogP contribution in [-0.4, -0.2) is 25.9 Å². The van der Waals surface area contributed by atoms with E-state index >= 15 is 0 Å². The van der Waals surface area contributed by atoms with Crippen molar-refractivity contribution in [1.82, 2.24) is 0 Å². The van der Waals surface area contributed by atoms with Crippen molar-refractivity contribution in [3.8, 4) is 0 Å². The molecule has 1 aromatic carbocycles. The van der Waals surface area contributed by atoms with Crippen molar-refractivity contribution in [1.29, 1.82) is 0 Å². The summed E-state index contributed by atoms with van der Waals surface area (Å²) in [5.74, 6) is 0. The Bertz CT molecular complexity index is 1110. The number of hydrogen-bond donors (Lipinski definition) is 2. The minimum absolute atomic E-state index is 0.00242. The summed E-state index contributed by atoms with van der Waals surface area (Å²) in [5, 5.41) is -9.91. The van der Waals surface area contributed by atoms with Crippen molar-refractivity contribution in [3.63, 3.8) is 0 Å². The smallest absolute Gasteiger partial charge is 0.281 e. The minimum Gasteiger partial charge on any atom is -0.281 e. The maximum absolute atomic E-state index is 14.5. The zero-order valence-corrected chi connectivity index (χ0v) is 28.2. The van der Waals surface area contributed by atoms with Crippen LogP contribution < -0.4 is 0 Å². The zero-order chi connectivity index (χ0) is 33.3. The lowest BCUT2D eigenvalue weighted by atomic mass is 9.95. The highest BCUT2D eigenvalue weighted by Crippen LogP contribution is 2.43. The average Bonchev–Trinajstić information content (AvgIpc) is 2.93. The predicted octanol–water partition coefficient (Wildman–Crippen LogP) is 10.6. The van der Waals surface area contributed by atoms with Gasteiger partial charge in [0.15, 0.2) is 0 Å². The normalized spacial score (nSPS) is 13.1. The van der Waals surface area contributed by atoms with Gasteiger partial charge in [-0.05, 0) is 43.0 Å². The van der Waals surface area contributed by atoms with Crippen LogP contribution in [0.25, 0.3) is 0 Å². The minimum atomic E-state index is -6.04. The molecule has 0 atom stereocenters. The van der Waals surface area contributed by atoms with Crippen LogP contribution in [0.15, 0.2) is 12.1 Å². The third kappa shape index (κ3) is 14.0. The topological polar surface area (TPSA) is 109 Å². The van der Waals surface area contributed by atoms with E-state index in [0.29, 0.717) is 31.9 Å². The van der Waals surface area contributed by atoms with Crippen LogP contribution in [0.1, 0.15) is 164 Å². The van der Waals surface area contributed by atoms with Gasteiger partial charge in [-0.15, -0.1) is 0 Å². The molecule has 0 aliphatic carbocycles. The second-order valence-corrected chi connectivity index (χ2v) is 15.0. The van der Waals surface area contributed by atoms with E-state index in [1.807, 2.05) is 0 Å². The van der Waals surface area contributed by atoms with Gasteiger partial charge in [0.05, 0.1) is 0 Å². The molecule has 0 radical (unpaired) electrons. The van der Waals surface area contributed by atoms with E-state index in [-0.39, 0.29) is 12.0 Å². The molecule has 0 fully saturated rings. The summed E-state index contributed by atoms with van der Waals surface area (Å²) < 4.78 is 121. The van der Waals surface area contributed by atoms with Crippen LogP contribution >= 0.6 is 0 Å². The number of rotatable bonds is 26. The second kappa shape index (κ2) is 20.1. The molecule has 0 bridgehead atoms. The number of benzene rings is 1. The number of hydrogen-bond acceptors (Lipinski definition) is 4. The maximum Gasteiger partial charge on any atom is 0.395 e. The van der Waals surface area contributed by atoms with Crippen molar-refractivity contribution < 1.29 is 43.5 Å². The summed E-state index contributed by atoms with van der Waals surface area (Å²) in [6.45, 7) is 2.93. The monoisotopic (exact) mass is 674 g/mol. The molecule has 0 amide bonds. The number of alkyl halides is 4. The van der Waals surface area contributed by atoms with Crippen molar-refractivity contribution in [3.05, 3.63) is 34.4 Å². The van der Waals surface area contributed by atoms with Gasteiger partial charge < -0.3 is 0 Å². The molecule has 0 saturated heterocycles. The Hall–Kier alpha value is -1.24. The SMILES string of the molecule is CCCCCCCCCCCCCCCCCCCCCCCc1cc(C(F)(F)S(=O)(=O)O)c(C)c(C(F)(F)S(=O)(=O)O)c1. The van der Waals surface area contributed by atoms with Crippen molar-refractivity contribution >= 4 is 20.2 Å². The molecule has 0 heterocycles. The van der Waals surface area contributed by atoms with E-state index in [4.69, 9.17) is 9.11 Å². The zero-order valence-electron chi connectivity index (χ0n) is 26.6. The van der Waals surface area contributed by atoms with Crippen molar-refractivity contribution in [2.75, 3.05) is 0 Å².